The lowest BCUT2D eigenvalue weighted by molar-refractivity contribution is 0.00578. The zero-order chi connectivity index (χ0) is 15.8. The third-order valence-corrected chi connectivity index (χ3v) is 4.30. The van der Waals surface area contributed by atoms with Crippen LogP contribution in [0.15, 0.2) is 23.7 Å². The number of benzene rings is 1. The summed E-state index contributed by atoms with van der Waals surface area (Å²) in [5, 5.41) is 0.589. The van der Waals surface area contributed by atoms with Gasteiger partial charge >= 0.3 is 7.12 Å². The van der Waals surface area contributed by atoms with E-state index in [-0.39, 0.29) is 11.2 Å². The molecular formula is C15H22BClN2O2. The van der Waals surface area contributed by atoms with Crippen molar-refractivity contribution in [2.24, 2.45) is 5.73 Å². The molecule has 6 heteroatoms. The highest BCUT2D eigenvalue weighted by molar-refractivity contribution is 6.55. The topological polar surface area (TPSA) is 70.5 Å². The normalized spacial score (nSPS) is 20.9. The third-order valence-electron chi connectivity index (χ3n) is 4.09. The van der Waals surface area contributed by atoms with Crippen LogP contribution in [0.2, 0.25) is 5.02 Å². The minimum Gasteiger partial charge on any atom is -0.400 e. The molecule has 1 saturated heterocycles. The van der Waals surface area contributed by atoms with Gasteiger partial charge in [-0.2, -0.15) is 0 Å². The number of rotatable bonds is 3. The molecule has 21 heavy (non-hydrogen) atoms. The van der Waals surface area contributed by atoms with Gasteiger partial charge in [0.2, 0.25) is 0 Å². The van der Waals surface area contributed by atoms with E-state index >= 15 is 0 Å². The Bertz CT molecular complexity index is 537. The van der Waals surface area contributed by atoms with Crippen molar-refractivity contribution in [2.75, 3.05) is 12.3 Å². The molecule has 1 aliphatic rings. The maximum atomic E-state index is 6.02. The summed E-state index contributed by atoms with van der Waals surface area (Å²) in [6.07, 6.45) is 1.92. The van der Waals surface area contributed by atoms with Crippen molar-refractivity contribution >= 4 is 30.5 Å². The summed E-state index contributed by atoms with van der Waals surface area (Å²) in [6.45, 7) is 8.39. The van der Waals surface area contributed by atoms with Crippen molar-refractivity contribution in [2.45, 2.75) is 38.9 Å². The lowest BCUT2D eigenvalue weighted by Gasteiger charge is -2.32. The average molecular weight is 309 g/mol. The summed E-state index contributed by atoms with van der Waals surface area (Å²) in [6, 6.07) is 5.38. The van der Waals surface area contributed by atoms with Gasteiger partial charge < -0.3 is 20.8 Å². The first-order valence-electron chi connectivity index (χ1n) is 6.97. The van der Waals surface area contributed by atoms with Gasteiger partial charge in [0, 0.05) is 17.3 Å². The van der Waals surface area contributed by atoms with Crippen molar-refractivity contribution in [3.63, 3.8) is 0 Å². The Labute approximate surface area is 131 Å². The quantitative estimate of drug-likeness (QED) is 0.665. The van der Waals surface area contributed by atoms with E-state index in [1.165, 1.54) is 0 Å². The fourth-order valence-electron chi connectivity index (χ4n) is 2.15. The first-order chi connectivity index (χ1) is 9.64. The molecule has 0 spiro atoms. The standard InChI is InChI=1S/C15H22BClN2O2/c1-14(2)15(3,4)21-16(20-14)11(9-18)5-10-6-12(17)8-13(19)7-10/h5-8H,9,18-19H2,1-4H3. The molecule has 1 heterocycles. The molecule has 0 unspecified atom stereocenters. The van der Waals surface area contributed by atoms with Crippen molar-refractivity contribution < 1.29 is 9.31 Å². The third kappa shape index (κ3) is 3.43. The summed E-state index contributed by atoms with van der Waals surface area (Å²) in [4.78, 5) is 0. The number of nitrogens with two attached hydrogens (primary N) is 2. The van der Waals surface area contributed by atoms with Crippen molar-refractivity contribution in [3.05, 3.63) is 34.3 Å². The molecule has 2 rings (SSSR count). The van der Waals surface area contributed by atoms with Gasteiger partial charge in [0.15, 0.2) is 0 Å². The highest BCUT2D eigenvalue weighted by Gasteiger charge is 2.52. The monoisotopic (exact) mass is 308 g/mol. The van der Waals surface area contributed by atoms with E-state index in [2.05, 4.69) is 0 Å². The predicted octanol–water partition coefficient (Wildman–Crippen LogP) is 2.90. The second-order valence-electron chi connectivity index (χ2n) is 6.33. The van der Waals surface area contributed by atoms with E-state index in [0.29, 0.717) is 17.3 Å². The second kappa shape index (κ2) is 5.65. The lowest BCUT2D eigenvalue weighted by atomic mass is 9.77. The van der Waals surface area contributed by atoms with Gasteiger partial charge in [0.05, 0.1) is 11.2 Å². The summed E-state index contributed by atoms with van der Waals surface area (Å²) in [5.74, 6) is 0. The molecule has 0 aliphatic carbocycles. The minimum atomic E-state index is -0.458. The van der Waals surface area contributed by atoms with E-state index in [1.807, 2.05) is 45.9 Å². The van der Waals surface area contributed by atoms with Gasteiger partial charge in [0.1, 0.15) is 0 Å². The Morgan fingerprint density at radius 1 is 1.19 bits per heavy atom. The fraction of sp³-hybridized carbons (Fsp3) is 0.467. The van der Waals surface area contributed by atoms with E-state index in [4.69, 9.17) is 32.4 Å². The van der Waals surface area contributed by atoms with E-state index in [1.54, 1.807) is 6.07 Å². The Morgan fingerprint density at radius 3 is 2.24 bits per heavy atom. The van der Waals surface area contributed by atoms with Gasteiger partial charge in [-0.3, -0.25) is 0 Å². The molecule has 114 valence electrons. The van der Waals surface area contributed by atoms with Gasteiger partial charge in [-0.1, -0.05) is 17.7 Å². The van der Waals surface area contributed by atoms with Crippen LogP contribution in [0.3, 0.4) is 0 Å². The van der Waals surface area contributed by atoms with Crippen LogP contribution in [0, 0.1) is 0 Å². The van der Waals surface area contributed by atoms with Gasteiger partial charge in [-0.25, -0.2) is 0 Å². The Kier molecular flexibility index (Phi) is 4.40. The largest absolute Gasteiger partial charge is 0.491 e. The van der Waals surface area contributed by atoms with Gasteiger partial charge in [0.25, 0.3) is 0 Å². The molecular weight excluding hydrogens is 286 g/mol. The number of nitrogen functional groups attached to an aromatic ring is 1. The number of hydrogen-bond donors (Lipinski definition) is 2. The average Bonchev–Trinajstić information content (AvgIpc) is 2.54. The molecule has 0 amide bonds. The molecule has 0 saturated carbocycles. The van der Waals surface area contributed by atoms with Gasteiger partial charge in [-0.05, 0) is 56.9 Å². The fourth-order valence-corrected chi connectivity index (χ4v) is 2.40. The molecule has 0 atom stereocenters. The summed E-state index contributed by atoms with van der Waals surface area (Å²) in [5.41, 5.74) is 13.2. The number of halogens is 1. The molecule has 1 aromatic carbocycles. The molecule has 1 fully saturated rings. The first-order valence-corrected chi connectivity index (χ1v) is 7.35. The van der Waals surface area contributed by atoms with E-state index < -0.39 is 7.12 Å². The summed E-state index contributed by atoms with van der Waals surface area (Å²) < 4.78 is 12.0. The van der Waals surface area contributed by atoms with Crippen LogP contribution >= 0.6 is 11.6 Å². The highest BCUT2D eigenvalue weighted by Crippen LogP contribution is 2.38. The van der Waals surface area contributed by atoms with Crippen LogP contribution < -0.4 is 11.5 Å². The van der Waals surface area contributed by atoms with Crippen LogP contribution in [0.25, 0.3) is 6.08 Å². The SMILES string of the molecule is CC1(C)OB(C(=Cc2cc(N)cc(Cl)c2)CN)OC1(C)C. The van der Waals surface area contributed by atoms with E-state index in [0.717, 1.165) is 11.0 Å². The first kappa shape index (κ1) is 16.4. The smallest absolute Gasteiger partial charge is 0.400 e. The Hall–Kier alpha value is -1.01. The zero-order valence-electron chi connectivity index (χ0n) is 12.9. The van der Waals surface area contributed by atoms with Crippen molar-refractivity contribution in [1.82, 2.24) is 0 Å². The number of hydrogen-bond acceptors (Lipinski definition) is 4. The molecule has 0 bridgehead atoms. The predicted molar refractivity (Wildman–Crippen MR) is 89.0 cm³/mol. The van der Waals surface area contributed by atoms with Crippen LogP contribution in [-0.4, -0.2) is 24.9 Å². The maximum absolute atomic E-state index is 6.02. The molecule has 1 aromatic rings. The minimum absolute atomic E-state index is 0.337. The van der Waals surface area contributed by atoms with Gasteiger partial charge in [-0.15, -0.1) is 0 Å². The maximum Gasteiger partial charge on any atom is 0.491 e. The lowest BCUT2D eigenvalue weighted by Crippen LogP contribution is -2.41. The van der Waals surface area contributed by atoms with E-state index in [9.17, 15) is 0 Å². The highest BCUT2D eigenvalue weighted by atomic mass is 35.5. The summed E-state index contributed by atoms with van der Waals surface area (Å²) in [7, 11) is -0.458. The molecule has 4 nitrogen and oxygen atoms in total. The zero-order valence-corrected chi connectivity index (χ0v) is 13.7. The van der Waals surface area contributed by atoms with Crippen molar-refractivity contribution in [3.8, 4) is 0 Å². The molecule has 4 N–H and O–H groups in total. The number of anilines is 1. The molecule has 0 aromatic heterocycles. The van der Waals surface area contributed by atoms with Crippen LogP contribution in [-0.2, 0) is 9.31 Å². The van der Waals surface area contributed by atoms with Crippen LogP contribution in [0.4, 0.5) is 5.69 Å². The molecule has 1 aliphatic heterocycles. The van der Waals surface area contributed by atoms with Crippen molar-refractivity contribution in [1.29, 1.82) is 0 Å². The van der Waals surface area contributed by atoms with Crippen LogP contribution in [0.1, 0.15) is 33.3 Å². The summed E-state index contributed by atoms with van der Waals surface area (Å²) >= 11 is 6.02. The Morgan fingerprint density at radius 2 is 1.76 bits per heavy atom. The van der Waals surface area contributed by atoms with Crippen LogP contribution in [0.5, 0.6) is 0 Å². The molecule has 0 radical (unpaired) electrons. The second-order valence-corrected chi connectivity index (χ2v) is 6.77. The Balaban J connectivity index is 2.30.